The van der Waals surface area contributed by atoms with Gasteiger partial charge < -0.3 is 19.6 Å². The maximum absolute atomic E-state index is 12.0. The van der Waals surface area contributed by atoms with E-state index in [1.54, 1.807) is 18.4 Å². The highest BCUT2D eigenvalue weighted by molar-refractivity contribution is 7.12. The molecule has 0 atom stereocenters. The number of nitrogens with one attached hydrogen (secondary N) is 1. The monoisotopic (exact) mass is 339 g/mol. The number of carbonyl (C=O) groups excluding carboxylic acids is 2. The summed E-state index contributed by atoms with van der Waals surface area (Å²) in [6.45, 7) is 1.32. The molecule has 122 valence electrons. The van der Waals surface area contributed by atoms with Crippen molar-refractivity contribution in [3.63, 3.8) is 0 Å². The van der Waals surface area contributed by atoms with E-state index in [0.717, 1.165) is 17.4 Å². The molecule has 0 bridgehead atoms. The van der Waals surface area contributed by atoms with Crippen LogP contribution < -0.4 is 10.7 Å². The molecule has 8 nitrogen and oxygen atoms in total. The molecule has 0 aliphatic rings. The maximum atomic E-state index is 12.0. The van der Waals surface area contributed by atoms with Crippen LogP contribution in [-0.2, 0) is 9.53 Å². The van der Waals surface area contributed by atoms with E-state index in [-0.39, 0.29) is 22.5 Å². The maximum Gasteiger partial charge on any atom is 0.350 e. The second-order valence-corrected chi connectivity index (χ2v) is 4.90. The summed E-state index contributed by atoms with van der Waals surface area (Å²) in [6, 6.07) is 3.94. The van der Waals surface area contributed by atoms with Gasteiger partial charge in [-0.15, -0.1) is 11.3 Å². The zero-order valence-corrected chi connectivity index (χ0v) is 13.0. The van der Waals surface area contributed by atoms with Gasteiger partial charge in [0.1, 0.15) is 10.6 Å². The number of carboxylic acid groups (broad SMARTS) is 1. The molecule has 0 aliphatic carbocycles. The van der Waals surface area contributed by atoms with Gasteiger partial charge in [0.25, 0.3) is 12.4 Å². The lowest BCUT2D eigenvalue weighted by Crippen LogP contribution is -2.16. The van der Waals surface area contributed by atoms with Crippen molar-refractivity contribution in [3.8, 4) is 0 Å². The topological polar surface area (TPSA) is 123 Å². The smallest absolute Gasteiger partial charge is 0.350 e. The molecule has 23 heavy (non-hydrogen) atoms. The van der Waals surface area contributed by atoms with Gasteiger partial charge in [-0.2, -0.15) is 0 Å². The van der Waals surface area contributed by atoms with E-state index in [0.29, 0.717) is 11.4 Å². The summed E-state index contributed by atoms with van der Waals surface area (Å²) in [7, 11) is 1.26. The van der Waals surface area contributed by atoms with E-state index in [1.807, 2.05) is 0 Å². The molecule has 9 heteroatoms. The first-order chi connectivity index (χ1) is 10.9. The Balaban J connectivity index is 0.000000816. The normalized spacial score (nSPS) is 9.30. The highest BCUT2D eigenvalue weighted by Crippen LogP contribution is 2.23. The third kappa shape index (κ3) is 5.08. The van der Waals surface area contributed by atoms with Crippen LogP contribution in [0, 0.1) is 6.92 Å². The number of methoxy groups -OCH3 is 1. The number of anilines is 1. The van der Waals surface area contributed by atoms with E-state index in [2.05, 4.69) is 10.1 Å². The molecule has 2 rings (SSSR count). The molecule has 2 heterocycles. The summed E-state index contributed by atoms with van der Waals surface area (Å²) < 4.78 is 9.78. The molecule has 0 saturated heterocycles. The standard InChI is InChI=1S/C13H11NO5S.CH2O2/c1-7-5-8(15)6-10(19-7)12(16)14-9-3-4-20-11(9)13(17)18-2;2-1-3/h3-6H,1-2H3,(H,14,16);1H,(H,2,3). The molecule has 0 radical (unpaired) electrons. The first-order valence-corrected chi connectivity index (χ1v) is 6.97. The molecule has 2 aromatic heterocycles. The lowest BCUT2D eigenvalue weighted by atomic mass is 10.3. The van der Waals surface area contributed by atoms with Gasteiger partial charge in [0.05, 0.1) is 12.8 Å². The average Bonchev–Trinajstić information content (AvgIpc) is 2.94. The van der Waals surface area contributed by atoms with Crippen LogP contribution in [-0.4, -0.2) is 30.6 Å². The Morgan fingerprint density at radius 3 is 2.61 bits per heavy atom. The molecule has 2 aromatic rings. The van der Waals surface area contributed by atoms with Gasteiger partial charge in [-0.05, 0) is 18.4 Å². The number of carbonyl (C=O) groups is 3. The quantitative estimate of drug-likeness (QED) is 0.645. The fraction of sp³-hybridized carbons (Fsp3) is 0.143. The second kappa shape index (κ2) is 8.49. The van der Waals surface area contributed by atoms with Gasteiger partial charge in [0.15, 0.2) is 11.2 Å². The SMILES string of the molecule is COC(=O)c1sccc1NC(=O)c1cc(=O)cc(C)o1.O=CO. The number of aryl methyl sites for hydroxylation is 1. The van der Waals surface area contributed by atoms with Gasteiger partial charge in [0.2, 0.25) is 0 Å². The van der Waals surface area contributed by atoms with E-state index in [4.69, 9.17) is 14.3 Å². The van der Waals surface area contributed by atoms with Crippen LogP contribution in [0.1, 0.15) is 26.0 Å². The van der Waals surface area contributed by atoms with E-state index >= 15 is 0 Å². The van der Waals surface area contributed by atoms with Crippen LogP contribution in [0.25, 0.3) is 0 Å². The summed E-state index contributed by atoms with van der Waals surface area (Å²) in [5.41, 5.74) is -0.00610. The Morgan fingerprint density at radius 2 is 2.04 bits per heavy atom. The molecular weight excluding hydrogens is 326 g/mol. The third-order valence-electron chi connectivity index (χ3n) is 2.40. The predicted molar refractivity (Wildman–Crippen MR) is 82.0 cm³/mol. The largest absolute Gasteiger partial charge is 0.483 e. The number of hydrogen-bond donors (Lipinski definition) is 2. The van der Waals surface area contributed by atoms with Crippen LogP contribution in [0.4, 0.5) is 5.69 Å². The van der Waals surface area contributed by atoms with Gasteiger partial charge in [-0.25, -0.2) is 4.79 Å². The van der Waals surface area contributed by atoms with Crippen molar-refractivity contribution in [3.05, 3.63) is 50.2 Å². The Bertz CT molecular complexity index is 762. The highest BCUT2D eigenvalue weighted by Gasteiger charge is 2.17. The van der Waals surface area contributed by atoms with Crippen molar-refractivity contribution in [2.45, 2.75) is 6.92 Å². The van der Waals surface area contributed by atoms with E-state index in [1.165, 1.54) is 13.2 Å². The summed E-state index contributed by atoms with van der Waals surface area (Å²) in [6.07, 6.45) is 0. The van der Waals surface area contributed by atoms with Crippen LogP contribution >= 0.6 is 11.3 Å². The fourth-order valence-corrected chi connectivity index (χ4v) is 2.32. The van der Waals surface area contributed by atoms with Crippen LogP contribution in [0.3, 0.4) is 0 Å². The molecule has 0 aliphatic heterocycles. The van der Waals surface area contributed by atoms with Gasteiger partial charge in [-0.1, -0.05) is 0 Å². The number of rotatable bonds is 3. The first kappa shape index (κ1) is 18.1. The molecule has 0 spiro atoms. The van der Waals surface area contributed by atoms with E-state index < -0.39 is 11.9 Å². The second-order valence-electron chi connectivity index (χ2n) is 3.98. The van der Waals surface area contributed by atoms with Crippen LogP contribution in [0.2, 0.25) is 0 Å². The lowest BCUT2D eigenvalue weighted by molar-refractivity contribution is -0.122. The number of amides is 1. The highest BCUT2D eigenvalue weighted by atomic mass is 32.1. The minimum absolute atomic E-state index is 0.114. The Morgan fingerprint density at radius 1 is 1.39 bits per heavy atom. The molecule has 0 aromatic carbocycles. The number of ether oxygens (including phenoxy) is 1. The molecular formula is C14H13NO7S. The van der Waals surface area contributed by atoms with Crippen molar-refractivity contribution in [1.82, 2.24) is 0 Å². The number of thiophene rings is 1. The molecule has 1 amide bonds. The van der Waals surface area contributed by atoms with Gasteiger partial charge in [0, 0.05) is 12.1 Å². The van der Waals surface area contributed by atoms with E-state index in [9.17, 15) is 14.4 Å². The van der Waals surface area contributed by atoms with Crippen molar-refractivity contribution in [1.29, 1.82) is 0 Å². The minimum atomic E-state index is -0.602. The summed E-state index contributed by atoms with van der Waals surface area (Å²) in [5, 5.41) is 11.1. The Kier molecular flexibility index (Phi) is 6.68. The average molecular weight is 339 g/mol. The van der Waals surface area contributed by atoms with Gasteiger partial charge >= 0.3 is 5.97 Å². The van der Waals surface area contributed by atoms with Crippen LogP contribution in [0.15, 0.2) is 32.8 Å². The van der Waals surface area contributed by atoms with Crippen LogP contribution in [0.5, 0.6) is 0 Å². The molecule has 0 saturated carbocycles. The van der Waals surface area contributed by atoms with Gasteiger partial charge in [-0.3, -0.25) is 14.4 Å². The zero-order valence-electron chi connectivity index (χ0n) is 12.2. The minimum Gasteiger partial charge on any atom is -0.483 e. The Hall–Kier alpha value is -2.94. The lowest BCUT2D eigenvalue weighted by Gasteiger charge is -2.05. The number of esters is 1. The van der Waals surface area contributed by atoms with Crippen molar-refractivity contribution >= 4 is 35.4 Å². The summed E-state index contributed by atoms with van der Waals surface area (Å²) in [4.78, 5) is 43.4. The van der Waals surface area contributed by atoms with Crippen molar-refractivity contribution < 1.29 is 28.6 Å². The summed E-state index contributed by atoms with van der Waals surface area (Å²) in [5.74, 6) is -0.923. The summed E-state index contributed by atoms with van der Waals surface area (Å²) >= 11 is 1.14. The molecule has 2 N–H and O–H groups in total. The molecule has 0 fully saturated rings. The Labute approximate surface area is 134 Å². The predicted octanol–water partition coefficient (Wildman–Crippen LogP) is 1.75. The number of hydrogen-bond acceptors (Lipinski definition) is 7. The molecule has 0 unspecified atom stereocenters. The van der Waals surface area contributed by atoms with Crippen molar-refractivity contribution in [2.75, 3.05) is 12.4 Å². The van der Waals surface area contributed by atoms with Crippen molar-refractivity contribution in [2.24, 2.45) is 0 Å². The fourth-order valence-electron chi connectivity index (χ4n) is 1.56. The first-order valence-electron chi connectivity index (χ1n) is 6.09. The third-order valence-corrected chi connectivity index (χ3v) is 3.29. The zero-order chi connectivity index (χ0) is 17.4.